The summed E-state index contributed by atoms with van der Waals surface area (Å²) in [7, 11) is 3.66. The van der Waals surface area contributed by atoms with Crippen LogP contribution in [-0.2, 0) is 13.1 Å². The van der Waals surface area contributed by atoms with E-state index in [0.29, 0.717) is 29.2 Å². The number of aromatic nitrogens is 2. The highest BCUT2D eigenvalue weighted by molar-refractivity contribution is 6.21. The Labute approximate surface area is 211 Å². The fourth-order valence-corrected chi connectivity index (χ4v) is 4.45. The van der Waals surface area contributed by atoms with Crippen LogP contribution in [0, 0.1) is 11.6 Å². The van der Waals surface area contributed by atoms with E-state index in [1.807, 2.05) is 19.0 Å². The Morgan fingerprint density at radius 2 is 1.54 bits per heavy atom. The lowest BCUT2D eigenvalue weighted by Gasteiger charge is -2.20. The van der Waals surface area contributed by atoms with Gasteiger partial charge in [0.1, 0.15) is 17.5 Å². The largest absolute Gasteiger partial charge is 0.302 e. The maximum absolute atomic E-state index is 14.5. The highest BCUT2D eigenvalue weighted by Gasteiger charge is 2.36. The second-order valence-electron chi connectivity index (χ2n) is 8.95. The van der Waals surface area contributed by atoms with Gasteiger partial charge in [0.05, 0.1) is 47.4 Å². The lowest BCUT2D eigenvalue weighted by molar-refractivity contribution is 0.0639. The minimum Gasteiger partial charge on any atom is -0.302 e. The first-order chi connectivity index (χ1) is 17.8. The molecule has 9 heteroatoms. The van der Waals surface area contributed by atoms with Crippen LogP contribution in [-0.4, -0.2) is 51.0 Å². The lowest BCUT2D eigenvalue weighted by atomic mass is 10.0. The monoisotopic (exact) mass is 500 g/mol. The van der Waals surface area contributed by atoms with Gasteiger partial charge in [-0.15, -0.1) is 0 Å². The molecule has 0 atom stereocenters. The Morgan fingerprint density at radius 1 is 0.892 bits per heavy atom. The third-order valence-electron chi connectivity index (χ3n) is 6.13. The summed E-state index contributed by atoms with van der Waals surface area (Å²) in [5.41, 5.74) is 1.03. The summed E-state index contributed by atoms with van der Waals surface area (Å²) in [5, 5.41) is 0. The van der Waals surface area contributed by atoms with E-state index in [2.05, 4.69) is 4.98 Å². The normalized spacial score (nSPS) is 12.9. The van der Waals surface area contributed by atoms with E-state index in [1.54, 1.807) is 28.8 Å². The Bertz CT molecular complexity index is 1530. The third-order valence-corrected chi connectivity index (χ3v) is 6.13. The van der Waals surface area contributed by atoms with Crippen LogP contribution in [0.2, 0.25) is 0 Å². The van der Waals surface area contributed by atoms with Gasteiger partial charge in [0.2, 0.25) is 0 Å². The molecule has 2 heterocycles. The number of hydrogen-bond donors (Lipinski definition) is 0. The summed E-state index contributed by atoms with van der Waals surface area (Å²) < 4.78 is 30.5. The summed E-state index contributed by atoms with van der Waals surface area (Å²) in [5.74, 6) is -2.49. The summed E-state index contributed by atoms with van der Waals surface area (Å²) in [4.78, 5) is 46.9. The number of carbonyl (C=O) groups is 3. The van der Waals surface area contributed by atoms with Crippen LogP contribution in [0.4, 0.5) is 8.78 Å². The smallest absolute Gasteiger partial charge is 0.261 e. The average Bonchev–Trinajstić information content (AvgIpc) is 3.37. The molecule has 1 aromatic heterocycles. The van der Waals surface area contributed by atoms with Gasteiger partial charge in [-0.1, -0.05) is 24.3 Å². The molecule has 7 nitrogen and oxygen atoms in total. The molecule has 0 radical (unpaired) electrons. The molecule has 37 heavy (non-hydrogen) atoms. The van der Waals surface area contributed by atoms with Gasteiger partial charge in [-0.25, -0.2) is 13.8 Å². The van der Waals surface area contributed by atoms with Crippen molar-refractivity contribution in [2.24, 2.45) is 0 Å². The molecule has 5 rings (SSSR count). The summed E-state index contributed by atoms with van der Waals surface area (Å²) in [6.07, 6.45) is 1.52. The zero-order chi connectivity index (χ0) is 26.3. The van der Waals surface area contributed by atoms with E-state index in [4.69, 9.17) is 0 Å². The zero-order valence-corrected chi connectivity index (χ0v) is 20.1. The Hall–Kier alpha value is -4.50. The quantitative estimate of drug-likeness (QED) is 0.280. The minimum atomic E-state index is -0.729. The number of hydrogen-bond acceptors (Lipinski definition) is 5. The van der Waals surface area contributed by atoms with Gasteiger partial charge in [0, 0.05) is 5.56 Å². The van der Waals surface area contributed by atoms with Crippen LogP contribution in [0.5, 0.6) is 0 Å². The molecule has 1 aliphatic heterocycles. The molecule has 186 valence electrons. The van der Waals surface area contributed by atoms with E-state index in [9.17, 15) is 23.2 Å². The molecule has 1 aliphatic rings. The van der Waals surface area contributed by atoms with Gasteiger partial charge in [0.25, 0.3) is 11.8 Å². The molecule has 0 unspecified atom stereocenters. The minimum absolute atomic E-state index is 0.0771. The van der Waals surface area contributed by atoms with Crippen LogP contribution >= 0.6 is 0 Å². The maximum atomic E-state index is 14.5. The van der Waals surface area contributed by atoms with Gasteiger partial charge < -0.3 is 4.90 Å². The molecule has 3 aromatic carbocycles. The first-order valence-electron chi connectivity index (χ1n) is 11.5. The molecular weight excluding hydrogens is 478 g/mol. The molecule has 0 bridgehead atoms. The van der Waals surface area contributed by atoms with Crippen molar-refractivity contribution in [2.75, 3.05) is 14.1 Å². The van der Waals surface area contributed by atoms with E-state index >= 15 is 0 Å². The van der Waals surface area contributed by atoms with Crippen molar-refractivity contribution in [1.29, 1.82) is 0 Å². The summed E-state index contributed by atoms with van der Waals surface area (Å²) >= 11 is 0. The van der Waals surface area contributed by atoms with E-state index in [-0.39, 0.29) is 23.4 Å². The van der Waals surface area contributed by atoms with Crippen molar-refractivity contribution in [3.63, 3.8) is 0 Å². The molecule has 4 aromatic rings. The Balaban J connectivity index is 1.63. The first kappa shape index (κ1) is 24.2. The van der Waals surface area contributed by atoms with Gasteiger partial charge in [-0.3, -0.25) is 23.9 Å². The fourth-order valence-electron chi connectivity index (χ4n) is 4.45. The van der Waals surface area contributed by atoms with Crippen LogP contribution in [0.3, 0.4) is 0 Å². The van der Waals surface area contributed by atoms with Crippen molar-refractivity contribution in [3.05, 3.63) is 118 Å². The van der Waals surface area contributed by atoms with Crippen molar-refractivity contribution < 1.29 is 23.2 Å². The van der Waals surface area contributed by atoms with E-state index in [0.717, 1.165) is 17.0 Å². The second-order valence-corrected chi connectivity index (χ2v) is 8.95. The molecule has 0 saturated carbocycles. The fraction of sp³-hybridized carbons (Fsp3) is 0.143. The molecule has 0 fully saturated rings. The number of imidazole rings is 1. The first-order valence-corrected chi connectivity index (χ1v) is 11.5. The second kappa shape index (κ2) is 9.51. The van der Waals surface area contributed by atoms with E-state index < -0.39 is 29.2 Å². The molecule has 2 amide bonds. The van der Waals surface area contributed by atoms with Crippen molar-refractivity contribution in [2.45, 2.75) is 13.1 Å². The molecule has 0 saturated heterocycles. The number of ketones is 1. The number of halogens is 2. The van der Waals surface area contributed by atoms with Crippen LogP contribution in [0.1, 0.15) is 48.2 Å². The van der Waals surface area contributed by atoms with Crippen molar-refractivity contribution in [1.82, 2.24) is 19.4 Å². The van der Waals surface area contributed by atoms with Crippen LogP contribution in [0.25, 0.3) is 5.69 Å². The topological polar surface area (TPSA) is 75.5 Å². The van der Waals surface area contributed by atoms with Crippen LogP contribution in [0.15, 0.2) is 72.9 Å². The van der Waals surface area contributed by atoms with Gasteiger partial charge >= 0.3 is 0 Å². The lowest BCUT2D eigenvalue weighted by Crippen LogP contribution is -2.30. The Morgan fingerprint density at radius 3 is 2.19 bits per heavy atom. The van der Waals surface area contributed by atoms with E-state index in [1.165, 1.54) is 36.5 Å². The van der Waals surface area contributed by atoms with Gasteiger partial charge in [0.15, 0.2) is 5.78 Å². The average molecular weight is 501 g/mol. The highest BCUT2D eigenvalue weighted by Crippen LogP contribution is 2.28. The summed E-state index contributed by atoms with van der Waals surface area (Å²) in [6.45, 7) is 0.213. The third kappa shape index (κ3) is 4.34. The zero-order valence-electron chi connectivity index (χ0n) is 20.1. The number of fused-ring (bicyclic) bond motifs is 1. The number of rotatable bonds is 7. The number of imide groups is 1. The summed E-state index contributed by atoms with van der Waals surface area (Å²) in [6, 6.07) is 15.7. The van der Waals surface area contributed by atoms with Gasteiger partial charge in [-0.2, -0.15) is 0 Å². The Kier molecular flexibility index (Phi) is 6.22. The van der Waals surface area contributed by atoms with Crippen LogP contribution < -0.4 is 0 Å². The van der Waals surface area contributed by atoms with Crippen molar-refractivity contribution >= 4 is 17.6 Å². The maximum Gasteiger partial charge on any atom is 0.261 e. The highest BCUT2D eigenvalue weighted by atomic mass is 19.1. The molecule has 0 aliphatic carbocycles. The number of carbonyl (C=O) groups excluding carboxylic acids is 3. The van der Waals surface area contributed by atoms with Crippen molar-refractivity contribution in [3.8, 4) is 5.69 Å². The molecular formula is C28H22F2N4O3. The molecule has 0 N–H and O–H groups in total. The predicted molar refractivity (Wildman–Crippen MR) is 131 cm³/mol. The number of nitrogens with zero attached hydrogens (tertiary/aromatic N) is 4. The molecule has 0 spiro atoms. The number of amides is 2. The standard InChI is InChI=1S/C28H22F2N4O3/c1-32(2)16-25-31-14-18(15-33-27(36)19-7-3-4-8-20(19)28(33)37)34(25)24-12-11-17(29)13-22(24)26(35)21-9-5-6-10-23(21)30/h3-14H,15-16H2,1-2H3. The van der Waals surface area contributed by atoms with Gasteiger partial charge in [-0.05, 0) is 56.6 Å². The predicted octanol–water partition coefficient (Wildman–Crippen LogP) is 4.24. The SMILES string of the molecule is CN(C)Cc1ncc(CN2C(=O)c3ccccc3C2=O)n1-c1ccc(F)cc1C(=O)c1ccccc1F. The number of benzene rings is 3.